The number of thiazole rings is 1. The van der Waals surface area contributed by atoms with Gasteiger partial charge in [-0.2, -0.15) is 0 Å². The van der Waals surface area contributed by atoms with E-state index >= 15 is 0 Å². The molecule has 0 unspecified atom stereocenters. The summed E-state index contributed by atoms with van der Waals surface area (Å²) < 4.78 is 0. The van der Waals surface area contributed by atoms with Crippen LogP contribution in [0.15, 0.2) is 10.4 Å². The number of hydrogen-bond acceptors (Lipinski definition) is 3. The summed E-state index contributed by atoms with van der Waals surface area (Å²) in [5, 5.41) is 3.08. The van der Waals surface area contributed by atoms with Gasteiger partial charge in [-0.15, -0.1) is 11.3 Å². The van der Waals surface area contributed by atoms with Crippen molar-refractivity contribution in [2.45, 2.75) is 27.2 Å². The standard InChI is InChI=1S/C10H17N3S/c1-7(2)5-12-9(11)4-10-13-8(3)6-14-10/h6-7H,4-5H2,1-3H3,(H2,11,12). The Balaban J connectivity index is 2.48. The van der Waals surface area contributed by atoms with Crippen molar-refractivity contribution in [1.82, 2.24) is 4.98 Å². The molecule has 3 nitrogen and oxygen atoms in total. The molecule has 0 radical (unpaired) electrons. The van der Waals surface area contributed by atoms with Crippen LogP contribution < -0.4 is 5.73 Å². The third-order valence-corrected chi connectivity index (χ3v) is 2.63. The van der Waals surface area contributed by atoms with E-state index in [1.165, 1.54) is 0 Å². The first-order chi connectivity index (χ1) is 6.58. The topological polar surface area (TPSA) is 51.3 Å². The molecule has 0 bridgehead atoms. The lowest BCUT2D eigenvalue weighted by Crippen LogP contribution is -2.16. The van der Waals surface area contributed by atoms with Crippen LogP contribution in [0.3, 0.4) is 0 Å². The van der Waals surface area contributed by atoms with Crippen LogP contribution in [0.5, 0.6) is 0 Å². The van der Waals surface area contributed by atoms with E-state index in [-0.39, 0.29) is 0 Å². The highest BCUT2D eigenvalue weighted by atomic mass is 32.1. The highest BCUT2D eigenvalue weighted by Crippen LogP contribution is 2.09. The zero-order valence-electron chi connectivity index (χ0n) is 8.95. The summed E-state index contributed by atoms with van der Waals surface area (Å²) in [5.74, 6) is 1.25. The van der Waals surface area contributed by atoms with Gasteiger partial charge < -0.3 is 5.73 Å². The molecule has 0 atom stereocenters. The molecule has 0 aliphatic carbocycles. The summed E-state index contributed by atoms with van der Waals surface area (Å²) in [4.78, 5) is 8.62. The lowest BCUT2D eigenvalue weighted by Gasteiger charge is -2.00. The summed E-state index contributed by atoms with van der Waals surface area (Å²) in [6.07, 6.45) is 0.686. The number of amidine groups is 1. The fourth-order valence-electron chi connectivity index (χ4n) is 0.995. The second kappa shape index (κ2) is 5.10. The lowest BCUT2D eigenvalue weighted by molar-refractivity contribution is 0.664. The van der Waals surface area contributed by atoms with Crippen molar-refractivity contribution in [3.63, 3.8) is 0 Å². The zero-order chi connectivity index (χ0) is 10.6. The number of nitrogens with zero attached hydrogens (tertiary/aromatic N) is 2. The van der Waals surface area contributed by atoms with Crippen LogP contribution in [0.1, 0.15) is 24.5 Å². The minimum Gasteiger partial charge on any atom is -0.387 e. The van der Waals surface area contributed by atoms with E-state index in [1.54, 1.807) is 11.3 Å². The Morgan fingerprint density at radius 1 is 1.64 bits per heavy atom. The molecular weight excluding hydrogens is 194 g/mol. The first-order valence-electron chi connectivity index (χ1n) is 4.77. The van der Waals surface area contributed by atoms with Gasteiger partial charge in [-0.3, -0.25) is 4.99 Å². The Morgan fingerprint density at radius 3 is 2.86 bits per heavy atom. The molecule has 4 heteroatoms. The molecular formula is C10H17N3S. The summed E-state index contributed by atoms with van der Waals surface area (Å²) in [7, 11) is 0. The van der Waals surface area contributed by atoms with Crippen molar-refractivity contribution in [3.8, 4) is 0 Å². The van der Waals surface area contributed by atoms with Gasteiger partial charge in [0, 0.05) is 17.6 Å². The SMILES string of the molecule is Cc1csc(CC(N)=NCC(C)C)n1. The quantitative estimate of drug-likeness (QED) is 0.612. The second-order valence-corrected chi connectivity index (χ2v) is 4.73. The van der Waals surface area contributed by atoms with Crippen molar-refractivity contribution >= 4 is 17.2 Å². The van der Waals surface area contributed by atoms with E-state index in [9.17, 15) is 0 Å². The van der Waals surface area contributed by atoms with Gasteiger partial charge in [-0.05, 0) is 12.8 Å². The molecule has 2 N–H and O–H groups in total. The molecule has 0 fully saturated rings. The molecule has 0 aliphatic heterocycles. The summed E-state index contributed by atoms with van der Waals surface area (Å²) in [5.41, 5.74) is 6.84. The lowest BCUT2D eigenvalue weighted by atomic mass is 10.2. The van der Waals surface area contributed by atoms with Crippen molar-refractivity contribution in [3.05, 3.63) is 16.1 Å². The van der Waals surface area contributed by atoms with Crippen LogP contribution in [-0.4, -0.2) is 17.4 Å². The molecule has 14 heavy (non-hydrogen) atoms. The predicted molar refractivity (Wildman–Crippen MR) is 61.9 cm³/mol. The molecule has 1 heterocycles. The number of aliphatic imine (C=N–C) groups is 1. The van der Waals surface area contributed by atoms with Crippen molar-refractivity contribution in [2.24, 2.45) is 16.6 Å². The van der Waals surface area contributed by atoms with Gasteiger partial charge in [-0.1, -0.05) is 13.8 Å². The molecule has 78 valence electrons. The number of nitrogens with two attached hydrogens (primary N) is 1. The maximum absolute atomic E-state index is 5.78. The van der Waals surface area contributed by atoms with Crippen LogP contribution in [0, 0.1) is 12.8 Å². The molecule has 0 saturated heterocycles. The summed E-state index contributed by atoms with van der Waals surface area (Å²) >= 11 is 1.64. The molecule has 0 saturated carbocycles. The average Bonchev–Trinajstić information content (AvgIpc) is 2.48. The molecule has 1 aromatic rings. The van der Waals surface area contributed by atoms with Crippen molar-refractivity contribution < 1.29 is 0 Å². The third kappa shape index (κ3) is 3.87. The van der Waals surface area contributed by atoms with Crippen LogP contribution >= 0.6 is 11.3 Å². The highest BCUT2D eigenvalue weighted by molar-refractivity contribution is 7.09. The number of hydrogen-bond donors (Lipinski definition) is 1. The smallest absolute Gasteiger partial charge is 0.101 e. The van der Waals surface area contributed by atoms with Gasteiger partial charge in [-0.25, -0.2) is 4.98 Å². The van der Waals surface area contributed by atoms with E-state index in [0.717, 1.165) is 17.2 Å². The number of rotatable bonds is 4. The van der Waals surface area contributed by atoms with Gasteiger partial charge in [0.25, 0.3) is 0 Å². The maximum atomic E-state index is 5.78. The van der Waals surface area contributed by atoms with E-state index < -0.39 is 0 Å². The molecule has 0 aromatic carbocycles. The fourth-order valence-corrected chi connectivity index (χ4v) is 1.78. The Labute approximate surface area is 89.1 Å². The Bertz CT molecular complexity index is 315. The Morgan fingerprint density at radius 2 is 2.36 bits per heavy atom. The van der Waals surface area contributed by atoms with Crippen LogP contribution in [0.4, 0.5) is 0 Å². The Hall–Kier alpha value is -0.900. The summed E-state index contributed by atoms with van der Waals surface area (Å²) in [6, 6.07) is 0. The van der Waals surface area contributed by atoms with Gasteiger partial charge in [0.1, 0.15) is 10.8 Å². The summed E-state index contributed by atoms with van der Waals surface area (Å²) in [6.45, 7) is 7.05. The second-order valence-electron chi connectivity index (χ2n) is 3.79. The number of aromatic nitrogens is 1. The van der Waals surface area contributed by atoms with Crippen LogP contribution in [-0.2, 0) is 6.42 Å². The van der Waals surface area contributed by atoms with E-state index in [2.05, 4.69) is 23.8 Å². The van der Waals surface area contributed by atoms with Crippen molar-refractivity contribution in [1.29, 1.82) is 0 Å². The average molecular weight is 211 g/mol. The van der Waals surface area contributed by atoms with E-state index in [0.29, 0.717) is 18.2 Å². The van der Waals surface area contributed by atoms with E-state index in [1.807, 2.05) is 12.3 Å². The van der Waals surface area contributed by atoms with Gasteiger partial charge >= 0.3 is 0 Å². The largest absolute Gasteiger partial charge is 0.387 e. The molecule has 0 spiro atoms. The normalized spacial score (nSPS) is 12.4. The first kappa shape index (κ1) is 11.2. The van der Waals surface area contributed by atoms with E-state index in [4.69, 9.17) is 5.73 Å². The minimum atomic E-state index is 0.562. The molecule has 0 amide bonds. The molecule has 1 rings (SSSR count). The molecule has 0 aliphatic rings. The number of aryl methyl sites for hydroxylation is 1. The van der Waals surface area contributed by atoms with Gasteiger partial charge in [0.05, 0.1) is 6.42 Å². The van der Waals surface area contributed by atoms with Crippen LogP contribution in [0.25, 0.3) is 0 Å². The first-order valence-corrected chi connectivity index (χ1v) is 5.65. The van der Waals surface area contributed by atoms with Crippen LogP contribution in [0.2, 0.25) is 0 Å². The van der Waals surface area contributed by atoms with Crippen molar-refractivity contribution in [2.75, 3.05) is 6.54 Å². The third-order valence-electron chi connectivity index (χ3n) is 1.66. The minimum absolute atomic E-state index is 0.562. The monoisotopic (exact) mass is 211 g/mol. The zero-order valence-corrected chi connectivity index (χ0v) is 9.77. The Kier molecular flexibility index (Phi) is 4.07. The molecule has 1 aromatic heterocycles. The highest BCUT2D eigenvalue weighted by Gasteiger charge is 2.01. The van der Waals surface area contributed by atoms with Gasteiger partial charge in [0.15, 0.2) is 0 Å². The van der Waals surface area contributed by atoms with Gasteiger partial charge in [0.2, 0.25) is 0 Å². The maximum Gasteiger partial charge on any atom is 0.101 e. The fraction of sp³-hybridized carbons (Fsp3) is 0.600. The predicted octanol–water partition coefficient (Wildman–Crippen LogP) is 2.01.